The van der Waals surface area contributed by atoms with Gasteiger partial charge in [-0.15, -0.1) is 0 Å². The third-order valence-electron chi connectivity index (χ3n) is 11.2. The van der Waals surface area contributed by atoms with Crippen molar-refractivity contribution in [2.24, 2.45) is 23.7 Å². The van der Waals surface area contributed by atoms with Gasteiger partial charge in [0.05, 0.1) is 22.6 Å². The molecule has 12 heterocycles. The minimum Gasteiger partial charge on any atom is -0.0530 e. The molecule has 16 fully saturated rings. The van der Waals surface area contributed by atoms with E-state index >= 15 is 0 Å². The Balaban J connectivity index is 1.50. The summed E-state index contributed by atoms with van der Waals surface area (Å²) in [4.78, 5) is 0. The second-order valence-corrected chi connectivity index (χ2v) is 16.6. The van der Waals surface area contributed by atoms with E-state index < -0.39 is 7.26 Å². The van der Waals surface area contributed by atoms with Crippen molar-refractivity contribution in [3.05, 3.63) is 0 Å². The number of rotatable bonds is 1. The molecule has 16 aliphatic rings. The van der Waals surface area contributed by atoms with E-state index in [0.29, 0.717) is 0 Å². The van der Waals surface area contributed by atoms with E-state index in [2.05, 4.69) is 0 Å². The summed E-state index contributed by atoms with van der Waals surface area (Å²) >= 11 is 0. The van der Waals surface area contributed by atoms with Gasteiger partial charge in [-0.2, -0.15) is 0 Å². The van der Waals surface area contributed by atoms with Gasteiger partial charge >= 0.3 is 0 Å². The van der Waals surface area contributed by atoms with Crippen LogP contribution < -0.4 is 0 Å². The third-order valence-corrected chi connectivity index (χ3v) is 18.3. The molecule has 0 aromatic heterocycles. The number of hydrogen-bond donors (Lipinski definition) is 0. The second kappa shape index (κ2) is 7.29. The average Bonchev–Trinajstić information content (AvgIpc) is 2.87. The molecule has 12 aliphatic heterocycles. The van der Waals surface area contributed by atoms with Crippen molar-refractivity contribution >= 4 is 7.26 Å². The molecule has 0 N–H and O–H groups in total. The molecule has 0 atom stereocenters. The van der Waals surface area contributed by atoms with Crippen LogP contribution in [0.3, 0.4) is 0 Å². The van der Waals surface area contributed by atoms with Gasteiger partial charge in [-0.3, -0.25) is 0 Å². The van der Waals surface area contributed by atoms with Crippen molar-refractivity contribution < 1.29 is 0 Å². The first-order chi connectivity index (χ1) is 13.4. The fourth-order valence-corrected chi connectivity index (χ4v) is 18.7. The van der Waals surface area contributed by atoms with Crippen LogP contribution in [0.2, 0.25) is 0 Å². The summed E-state index contributed by atoms with van der Waals surface area (Å²) < 4.78 is 0. The molecule has 0 radical (unpaired) electrons. The van der Waals surface area contributed by atoms with Crippen LogP contribution >= 0.6 is 7.26 Å². The zero-order valence-corrected chi connectivity index (χ0v) is 18.7. The molecule has 12 saturated heterocycles. The van der Waals surface area contributed by atoms with E-state index in [4.69, 9.17) is 0 Å². The molecule has 152 valence electrons. The van der Waals surface area contributed by atoms with Crippen LogP contribution in [0.15, 0.2) is 0 Å². The van der Waals surface area contributed by atoms with Gasteiger partial charge in [0.15, 0.2) is 0 Å². The smallest absolute Gasteiger partial charge is 0.0530 e. The minimum atomic E-state index is -0.812. The SMILES string of the molecule is C1CCC([P+]23C4CCC(CC4)CC(C4CCC2CC4)C2CCC3CC2)CC1. The Hall–Kier alpha value is 0.430. The molecule has 0 spiro atoms. The molecular weight excluding hydrogens is 343 g/mol. The van der Waals surface area contributed by atoms with Gasteiger partial charge in [0.2, 0.25) is 0 Å². The van der Waals surface area contributed by atoms with Gasteiger partial charge in [-0.1, -0.05) is 6.42 Å². The second-order valence-electron chi connectivity index (χ2n) is 11.9. The lowest BCUT2D eigenvalue weighted by Gasteiger charge is -2.55. The van der Waals surface area contributed by atoms with Gasteiger partial charge in [0, 0.05) is 7.26 Å². The Labute approximate surface area is 169 Å². The van der Waals surface area contributed by atoms with E-state index in [9.17, 15) is 0 Å². The van der Waals surface area contributed by atoms with Crippen molar-refractivity contribution in [2.45, 2.75) is 138 Å². The van der Waals surface area contributed by atoms with Crippen LogP contribution in [-0.2, 0) is 0 Å². The fourth-order valence-electron chi connectivity index (χ4n) is 10.3. The van der Waals surface area contributed by atoms with E-state index in [0.717, 1.165) is 23.7 Å². The Kier molecular flexibility index (Phi) is 4.92. The summed E-state index contributed by atoms with van der Waals surface area (Å²) in [5.41, 5.74) is 4.93. The Morgan fingerprint density at radius 1 is 0.407 bits per heavy atom. The molecule has 8 bridgehead atoms. The van der Waals surface area contributed by atoms with Crippen LogP contribution in [0.25, 0.3) is 0 Å². The van der Waals surface area contributed by atoms with E-state index in [-0.39, 0.29) is 0 Å². The first-order valence-corrected chi connectivity index (χ1v) is 15.3. The zero-order valence-electron chi connectivity index (χ0n) is 17.8. The average molecular weight is 388 g/mol. The van der Waals surface area contributed by atoms with Crippen LogP contribution in [-0.4, -0.2) is 22.6 Å². The molecule has 0 nitrogen and oxygen atoms in total. The van der Waals surface area contributed by atoms with Gasteiger partial charge in [-0.05, 0) is 133 Å². The molecule has 27 heavy (non-hydrogen) atoms. The van der Waals surface area contributed by atoms with Crippen molar-refractivity contribution in [1.82, 2.24) is 0 Å². The maximum atomic E-state index is 1.69. The number of hydrogen-bond acceptors (Lipinski definition) is 0. The molecule has 4 saturated carbocycles. The summed E-state index contributed by atoms with van der Waals surface area (Å²) in [6, 6.07) is 0. The molecule has 0 amide bonds. The Bertz CT molecular complexity index is 481. The first-order valence-electron chi connectivity index (χ1n) is 13.2. The molecule has 0 aromatic rings. The Morgan fingerprint density at radius 2 is 0.852 bits per heavy atom. The summed E-state index contributed by atoms with van der Waals surface area (Å²) in [6.07, 6.45) is 29.8. The summed E-state index contributed by atoms with van der Waals surface area (Å²) in [6.45, 7) is 0. The van der Waals surface area contributed by atoms with Gasteiger partial charge < -0.3 is 0 Å². The largest absolute Gasteiger partial charge is 0.0706 e. The highest BCUT2D eigenvalue weighted by atomic mass is 31.2. The highest BCUT2D eigenvalue weighted by molar-refractivity contribution is 7.78. The lowest BCUT2D eigenvalue weighted by atomic mass is 9.65. The van der Waals surface area contributed by atoms with Gasteiger partial charge in [0.1, 0.15) is 0 Å². The lowest BCUT2D eigenvalue weighted by molar-refractivity contribution is 0.110. The molecule has 1 heteroatoms. The molecule has 0 unspecified atom stereocenters. The zero-order chi connectivity index (χ0) is 17.8. The fraction of sp³-hybridized carbons (Fsp3) is 1.00. The predicted octanol–water partition coefficient (Wildman–Crippen LogP) is 8.05. The standard InChI is InChI=1S/C26H44P/c1-2-4-22(5-3-1)27-23-12-6-19(7-13-23)18-26(20-8-14-24(27)15-9-20)21-10-16-25(27)17-11-21/h19-26H,1-18H2/q+1. The minimum absolute atomic E-state index is 0.812. The Morgan fingerprint density at radius 3 is 1.37 bits per heavy atom. The van der Waals surface area contributed by atoms with E-state index in [1.807, 2.05) is 0 Å². The van der Waals surface area contributed by atoms with E-state index in [1.165, 1.54) is 22.6 Å². The molecule has 4 aliphatic carbocycles. The van der Waals surface area contributed by atoms with Crippen LogP contribution in [0.5, 0.6) is 0 Å². The highest BCUT2D eigenvalue weighted by Gasteiger charge is 2.63. The van der Waals surface area contributed by atoms with Gasteiger partial charge in [-0.25, -0.2) is 0 Å². The third kappa shape index (κ3) is 2.85. The van der Waals surface area contributed by atoms with Crippen molar-refractivity contribution in [2.75, 3.05) is 0 Å². The monoisotopic (exact) mass is 387 g/mol. The van der Waals surface area contributed by atoms with Crippen LogP contribution in [0.4, 0.5) is 0 Å². The summed E-state index contributed by atoms with van der Waals surface area (Å²) in [7, 11) is -0.812. The summed E-state index contributed by atoms with van der Waals surface area (Å²) in [5, 5.41) is 0. The maximum absolute atomic E-state index is 1.69. The molecule has 16 rings (SSSR count). The van der Waals surface area contributed by atoms with E-state index in [1.54, 1.807) is 116 Å². The van der Waals surface area contributed by atoms with Gasteiger partial charge in [0.25, 0.3) is 0 Å². The van der Waals surface area contributed by atoms with Crippen molar-refractivity contribution in [3.63, 3.8) is 0 Å². The maximum Gasteiger partial charge on any atom is 0.0706 e. The van der Waals surface area contributed by atoms with Crippen LogP contribution in [0.1, 0.15) is 116 Å². The normalized spacial score (nSPS) is 53.1. The highest BCUT2D eigenvalue weighted by Crippen LogP contribution is 2.83. The topological polar surface area (TPSA) is 0 Å². The molecule has 0 aromatic carbocycles. The van der Waals surface area contributed by atoms with Crippen LogP contribution in [0, 0.1) is 23.7 Å². The first kappa shape index (κ1) is 18.2. The van der Waals surface area contributed by atoms with Crippen molar-refractivity contribution in [3.8, 4) is 0 Å². The summed E-state index contributed by atoms with van der Waals surface area (Å²) in [5.74, 6) is 4.57. The predicted molar refractivity (Wildman–Crippen MR) is 119 cm³/mol. The molecular formula is C26H44P+. The van der Waals surface area contributed by atoms with Crippen molar-refractivity contribution in [1.29, 1.82) is 0 Å². The lowest BCUT2D eigenvalue weighted by Crippen LogP contribution is -2.45. The quantitative estimate of drug-likeness (QED) is 0.399.